The van der Waals surface area contributed by atoms with Crippen molar-refractivity contribution in [1.82, 2.24) is 0 Å². The smallest absolute Gasteiger partial charge is 0.316 e. The minimum Gasteiger partial charge on any atom is -0.462 e. The van der Waals surface area contributed by atoms with E-state index in [2.05, 4.69) is 12.1 Å². The number of nitrogens with zero attached hydrogens (tertiary/aromatic N) is 1. The van der Waals surface area contributed by atoms with Gasteiger partial charge in [0.1, 0.15) is 29.4 Å². The Kier molecular flexibility index (Phi) is 9.48. The first-order valence-corrected chi connectivity index (χ1v) is 17.1. The van der Waals surface area contributed by atoms with Crippen LogP contribution in [0.3, 0.4) is 0 Å². The molecule has 10 atom stereocenters. The highest BCUT2D eigenvalue weighted by molar-refractivity contribution is 6.06. The molecule has 3 saturated heterocycles. The summed E-state index contributed by atoms with van der Waals surface area (Å²) in [6, 6.07) is 0. The zero-order chi connectivity index (χ0) is 31.9. The Bertz CT molecular complexity index is 1280. The van der Waals surface area contributed by atoms with Gasteiger partial charge in [-0.3, -0.25) is 4.79 Å². The molecule has 1 spiro atoms. The van der Waals surface area contributed by atoms with Crippen LogP contribution in [0.4, 0.5) is 0 Å². The van der Waals surface area contributed by atoms with Gasteiger partial charge in [-0.25, -0.2) is 0 Å². The predicted octanol–water partition coefficient (Wildman–Crippen LogP) is 5.53. The Hall–Kier alpha value is -2.30. The van der Waals surface area contributed by atoms with Gasteiger partial charge in [0.15, 0.2) is 5.79 Å². The van der Waals surface area contributed by atoms with E-state index in [-0.39, 0.29) is 30.4 Å². The molecule has 2 aliphatic carbocycles. The predicted molar refractivity (Wildman–Crippen MR) is 168 cm³/mol. The Balaban J connectivity index is 1.36. The molecule has 248 valence electrons. The fraction of sp³-hybridized carbons (Fsp3) is 0.722. The largest absolute Gasteiger partial charge is 0.462 e. The summed E-state index contributed by atoms with van der Waals surface area (Å²) in [6.07, 6.45) is 15.9. The Morgan fingerprint density at radius 1 is 1.04 bits per heavy atom. The second kappa shape index (κ2) is 13.1. The lowest BCUT2D eigenvalue weighted by Crippen LogP contribution is -2.57. The first-order chi connectivity index (χ1) is 21.5. The number of oxime groups is 1. The van der Waals surface area contributed by atoms with Crippen LogP contribution in [0.5, 0.6) is 0 Å². The molecule has 6 aliphatic rings. The average molecular weight is 626 g/mol. The maximum atomic E-state index is 14.1. The lowest BCUT2D eigenvalue weighted by Gasteiger charge is -2.51. The number of ether oxygens (including phenoxy) is 4. The van der Waals surface area contributed by atoms with Crippen LogP contribution < -0.4 is 0 Å². The second-order valence-electron chi connectivity index (χ2n) is 14.5. The fourth-order valence-corrected chi connectivity index (χ4v) is 8.66. The van der Waals surface area contributed by atoms with Crippen molar-refractivity contribution >= 4 is 11.7 Å². The highest BCUT2D eigenvalue weighted by atomic mass is 16.7. The number of hydrogen-bond donors (Lipinski definition) is 3. The third-order valence-corrected chi connectivity index (χ3v) is 11.3. The standard InChI is InChI=1S/C36H51NO8/c1-21-9-8-12-26-20-42-33-30(37-41)24(4)17-29(36(26,33)40)34(39)43-28-18-27(14-13-22(2)31(21)38)44-35(19-28)16-15-23(3)32(45-35)25-10-6-5-7-11-25/h8-9,12-13,17,21,23,25,27-29,31-33,38,40-41H,5-7,10-11,14-16,18-20H2,1-4H3/b9-8+,22-13+,26-12+,37-30-/t21-,23-,27+,28?,29?,31-,32?,33+,35+,36+/m0/s1. The van der Waals surface area contributed by atoms with Crippen LogP contribution >= 0.6 is 0 Å². The van der Waals surface area contributed by atoms with Gasteiger partial charge < -0.3 is 34.4 Å². The third kappa shape index (κ3) is 6.23. The van der Waals surface area contributed by atoms with Crippen molar-refractivity contribution in [3.63, 3.8) is 0 Å². The summed E-state index contributed by atoms with van der Waals surface area (Å²) in [5.74, 6) is -1.74. The van der Waals surface area contributed by atoms with Gasteiger partial charge in [-0.1, -0.05) is 68.6 Å². The van der Waals surface area contributed by atoms with Crippen LogP contribution in [0.25, 0.3) is 0 Å². The van der Waals surface area contributed by atoms with Gasteiger partial charge in [0.25, 0.3) is 0 Å². The average Bonchev–Trinajstić information content (AvgIpc) is 3.36. The van der Waals surface area contributed by atoms with Gasteiger partial charge in [-0.2, -0.15) is 0 Å². The van der Waals surface area contributed by atoms with E-state index in [4.69, 9.17) is 18.9 Å². The van der Waals surface area contributed by atoms with Crippen LogP contribution in [0.1, 0.15) is 91.9 Å². The van der Waals surface area contributed by atoms with Crippen LogP contribution in [0, 0.1) is 23.7 Å². The van der Waals surface area contributed by atoms with E-state index in [1.54, 1.807) is 25.2 Å². The molecule has 9 heteroatoms. The molecule has 0 aromatic carbocycles. The highest BCUT2D eigenvalue weighted by Gasteiger charge is 2.60. The van der Waals surface area contributed by atoms with Crippen molar-refractivity contribution in [3.05, 3.63) is 47.1 Å². The molecule has 4 fully saturated rings. The van der Waals surface area contributed by atoms with E-state index in [0.717, 1.165) is 18.4 Å². The minimum absolute atomic E-state index is 0.0579. The minimum atomic E-state index is -1.79. The summed E-state index contributed by atoms with van der Waals surface area (Å²) < 4.78 is 26.1. The SMILES string of the molecule is CC1=CC2C(=O)OC3C[C@@H](C/C=C(\C)[C@@H](O)[C@@H](C)/C=C/C=C4\CO[C@H](/C1=N\O)[C@@]42O)O[C@@]1(CC[C@H](C)C(C2CCCCC2)O1)C3. The summed E-state index contributed by atoms with van der Waals surface area (Å²) >= 11 is 0. The number of allylic oxidation sites excluding steroid dienone is 2. The van der Waals surface area contributed by atoms with E-state index < -0.39 is 41.6 Å². The maximum absolute atomic E-state index is 14.1. The van der Waals surface area contributed by atoms with E-state index >= 15 is 0 Å². The highest BCUT2D eigenvalue weighted by Crippen LogP contribution is 2.48. The van der Waals surface area contributed by atoms with Crippen molar-refractivity contribution < 1.29 is 39.2 Å². The molecule has 3 unspecified atom stereocenters. The van der Waals surface area contributed by atoms with Gasteiger partial charge in [-0.05, 0) is 68.1 Å². The molecule has 0 aromatic heterocycles. The fourth-order valence-electron chi connectivity index (χ4n) is 8.66. The van der Waals surface area contributed by atoms with Gasteiger partial charge >= 0.3 is 5.97 Å². The molecular weight excluding hydrogens is 574 g/mol. The summed E-state index contributed by atoms with van der Waals surface area (Å²) in [5, 5.41) is 36.6. The molecule has 3 N–H and O–H groups in total. The van der Waals surface area contributed by atoms with Crippen LogP contribution in [-0.2, 0) is 23.7 Å². The van der Waals surface area contributed by atoms with Crippen molar-refractivity contribution in [2.45, 2.75) is 134 Å². The normalized spacial score (nSPS) is 47.2. The van der Waals surface area contributed by atoms with Crippen LogP contribution in [-0.4, -0.2) is 75.6 Å². The third-order valence-electron chi connectivity index (χ3n) is 11.3. The maximum Gasteiger partial charge on any atom is 0.316 e. The number of aliphatic hydroxyl groups is 2. The zero-order valence-corrected chi connectivity index (χ0v) is 27.2. The molecular formula is C36H51NO8. The van der Waals surface area contributed by atoms with E-state index in [9.17, 15) is 20.2 Å². The van der Waals surface area contributed by atoms with Crippen LogP contribution in [0.15, 0.2) is 52.3 Å². The summed E-state index contributed by atoms with van der Waals surface area (Å²) in [6.45, 7) is 7.95. The van der Waals surface area contributed by atoms with Gasteiger partial charge in [0.2, 0.25) is 0 Å². The Labute approximate surface area is 267 Å². The number of hydrogen-bond acceptors (Lipinski definition) is 9. The van der Waals surface area contributed by atoms with Gasteiger partial charge in [0, 0.05) is 25.2 Å². The van der Waals surface area contributed by atoms with Gasteiger partial charge in [0.05, 0.1) is 24.9 Å². The topological polar surface area (TPSA) is 127 Å². The van der Waals surface area contributed by atoms with E-state index in [1.165, 1.54) is 32.1 Å². The molecule has 2 bridgehead atoms. The lowest BCUT2D eigenvalue weighted by molar-refractivity contribution is -0.342. The molecule has 6 rings (SSSR count). The molecule has 0 radical (unpaired) electrons. The number of rotatable bonds is 1. The summed E-state index contributed by atoms with van der Waals surface area (Å²) in [5.41, 5.74) is 0.289. The quantitative estimate of drug-likeness (QED) is 0.150. The zero-order valence-electron chi connectivity index (χ0n) is 27.2. The van der Waals surface area contributed by atoms with Crippen molar-refractivity contribution in [2.75, 3.05) is 6.61 Å². The molecule has 0 aromatic rings. The first kappa shape index (κ1) is 32.6. The number of fused-ring (bicyclic) bond motifs is 2. The molecule has 0 amide bonds. The number of esters is 1. The molecule has 4 aliphatic heterocycles. The molecule has 45 heavy (non-hydrogen) atoms. The molecule has 4 heterocycles. The first-order valence-electron chi connectivity index (χ1n) is 17.1. The molecule has 9 nitrogen and oxygen atoms in total. The summed E-state index contributed by atoms with van der Waals surface area (Å²) in [4.78, 5) is 14.1. The summed E-state index contributed by atoms with van der Waals surface area (Å²) in [7, 11) is 0. The Morgan fingerprint density at radius 3 is 2.58 bits per heavy atom. The Morgan fingerprint density at radius 2 is 1.82 bits per heavy atom. The number of carbonyl (C=O) groups is 1. The number of carbonyl (C=O) groups excluding carboxylic acids is 1. The van der Waals surface area contributed by atoms with E-state index in [0.29, 0.717) is 42.2 Å². The van der Waals surface area contributed by atoms with Crippen molar-refractivity contribution in [2.24, 2.45) is 28.8 Å². The number of aliphatic hydroxyl groups excluding tert-OH is 1. The lowest BCUT2D eigenvalue weighted by atomic mass is 9.71. The second-order valence-corrected chi connectivity index (χ2v) is 14.5. The van der Waals surface area contributed by atoms with Crippen molar-refractivity contribution in [3.8, 4) is 0 Å². The van der Waals surface area contributed by atoms with Gasteiger partial charge in [-0.15, -0.1) is 0 Å². The van der Waals surface area contributed by atoms with E-state index in [1.807, 2.05) is 26.0 Å². The monoisotopic (exact) mass is 625 g/mol. The van der Waals surface area contributed by atoms with Crippen LogP contribution in [0.2, 0.25) is 0 Å². The van der Waals surface area contributed by atoms with Crippen molar-refractivity contribution in [1.29, 1.82) is 0 Å². The molecule has 1 saturated carbocycles.